The number of nitrogens with two attached hydrogens (primary N) is 1. The van der Waals surface area contributed by atoms with Crippen LogP contribution in [0.15, 0.2) is 42.6 Å². The highest BCUT2D eigenvalue weighted by atomic mass is 19.4. The fourth-order valence-corrected chi connectivity index (χ4v) is 3.87. The number of nitrogens with zero attached hydrogens (tertiary/aromatic N) is 2. The minimum absolute atomic E-state index is 0.144. The number of alkyl halides is 4. The number of aromatic nitrogens is 1. The second kappa shape index (κ2) is 10.1. The largest absolute Gasteiger partial charge is 0.391 e. The van der Waals surface area contributed by atoms with Crippen molar-refractivity contribution >= 4 is 17.4 Å². The zero-order valence-corrected chi connectivity index (χ0v) is 16.9. The molecule has 1 aromatic heterocycles. The van der Waals surface area contributed by atoms with Crippen molar-refractivity contribution in [2.75, 3.05) is 24.8 Å². The van der Waals surface area contributed by atoms with E-state index < -0.39 is 31.2 Å². The average molecular weight is 439 g/mol. The molecule has 2 heterocycles. The monoisotopic (exact) mass is 439 g/mol. The minimum Gasteiger partial charge on any atom is -0.381 e. The molecule has 1 unspecified atom stereocenters. The van der Waals surface area contributed by atoms with Crippen molar-refractivity contribution in [1.82, 2.24) is 4.98 Å². The third-order valence-corrected chi connectivity index (χ3v) is 5.38. The molecule has 0 spiro atoms. The first-order valence-corrected chi connectivity index (χ1v) is 10.1. The Kier molecular flexibility index (Phi) is 7.48. The van der Waals surface area contributed by atoms with Crippen molar-refractivity contribution in [2.45, 2.75) is 37.9 Å². The molecule has 1 aliphatic heterocycles. The number of carbonyl (C=O) groups is 1. The smallest absolute Gasteiger partial charge is 0.381 e. The number of ether oxygens (including phenoxy) is 1. The molecule has 0 radical (unpaired) electrons. The lowest BCUT2D eigenvalue weighted by Gasteiger charge is -2.32. The number of carbonyl (C=O) groups excluding carboxylic acids is 1. The molecule has 0 aliphatic carbocycles. The lowest BCUT2D eigenvalue weighted by Crippen LogP contribution is -2.37. The maximum atomic E-state index is 13.8. The highest BCUT2D eigenvalue weighted by Gasteiger charge is 2.36. The van der Waals surface area contributed by atoms with Crippen molar-refractivity contribution in [1.29, 1.82) is 0 Å². The number of halogens is 4. The van der Waals surface area contributed by atoms with Gasteiger partial charge in [0.1, 0.15) is 12.5 Å². The Balaban J connectivity index is 2.03. The predicted octanol–water partition coefficient (Wildman–Crippen LogP) is 4.58. The first kappa shape index (κ1) is 23.0. The van der Waals surface area contributed by atoms with Gasteiger partial charge in [-0.2, -0.15) is 13.2 Å². The second-order valence-corrected chi connectivity index (χ2v) is 7.66. The number of pyridine rings is 1. The van der Waals surface area contributed by atoms with Crippen LogP contribution in [0.2, 0.25) is 0 Å². The van der Waals surface area contributed by atoms with Crippen LogP contribution in [0, 0.1) is 5.92 Å². The summed E-state index contributed by atoms with van der Waals surface area (Å²) >= 11 is 0. The number of hydrogen-bond acceptors (Lipinski definition) is 4. The van der Waals surface area contributed by atoms with E-state index in [1.165, 1.54) is 11.1 Å². The summed E-state index contributed by atoms with van der Waals surface area (Å²) in [5.74, 6) is -0.269. The minimum atomic E-state index is -4.55. The van der Waals surface area contributed by atoms with E-state index in [-0.39, 0.29) is 17.3 Å². The number of primary amides is 1. The molecule has 1 saturated heterocycles. The summed E-state index contributed by atoms with van der Waals surface area (Å²) in [4.78, 5) is 17.4. The standard InChI is InChI=1S/C22H25F4N3O2/c23-13-18(12-22(24,25)26)29(17-4-2-1-3-5-17)20-11-16(19(14-28-20)21(27)30)10-15-6-8-31-9-7-15/h1-5,11,14-15,18H,6-10,12-13H2,(H2,27,30). The van der Waals surface area contributed by atoms with Crippen molar-refractivity contribution in [3.8, 4) is 0 Å². The van der Waals surface area contributed by atoms with E-state index in [1.54, 1.807) is 36.4 Å². The molecule has 9 heteroatoms. The number of amides is 1. The van der Waals surface area contributed by atoms with Crippen LogP contribution < -0.4 is 10.6 Å². The van der Waals surface area contributed by atoms with Crippen LogP contribution in [0.3, 0.4) is 0 Å². The first-order chi connectivity index (χ1) is 14.8. The molecule has 0 saturated carbocycles. The van der Waals surface area contributed by atoms with Crippen LogP contribution in [-0.2, 0) is 11.2 Å². The average Bonchev–Trinajstić information content (AvgIpc) is 2.74. The van der Waals surface area contributed by atoms with Crippen LogP contribution in [0.1, 0.15) is 35.2 Å². The second-order valence-electron chi connectivity index (χ2n) is 7.66. The molecular formula is C22H25F4N3O2. The van der Waals surface area contributed by atoms with Gasteiger partial charge in [-0.3, -0.25) is 4.79 Å². The molecule has 1 atom stereocenters. The van der Waals surface area contributed by atoms with Gasteiger partial charge in [0.15, 0.2) is 0 Å². The van der Waals surface area contributed by atoms with Gasteiger partial charge in [-0.05, 0) is 48.9 Å². The molecular weight excluding hydrogens is 414 g/mol. The summed E-state index contributed by atoms with van der Waals surface area (Å²) in [5.41, 5.74) is 6.69. The van der Waals surface area contributed by atoms with E-state index >= 15 is 0 Å². The summed E-state index contributed by atoms with van der Waals surface area (Å²) in [6, 6.07) is 8.29. The Labute approximate surface area is 178 Å². The van der Waals surface area contributed by atoms with Gasteiger partial charge in [-0.15, -0.1) is 0 Å². The van der Waals surface area contributed by atoms with E-state index in [0.29, 0.717) is 30.9 Å². The first-order valence-electron chi connectivity index (χ1n) is 10.1. The van der Waals surface area contributed by atoms with Crippen LogP contribution in [0.4, 0.5) is 29.1 Å². The maximum Gasteiger partial charge on any atom is 0.391 e. The summed E-state index contributed by atoms with van der Waals surface area (Å²) in [7, 11) is 0. The van der Waals surface area contributed by atoms with Gasteiger partial charge in [0.05, 0.1) is 18.0 Å². The van der Waals surface area contributed by atoms with Crippen molar-refractivity contribution in [2.24, 2.45) is 11.7 Å². The molecule has 3 rings (SSSR count). The number of para-hydroxylation sites is 1. The van der Waals surface area contributed by atoms with Gasteiger partial charge in [0.2, 0.25) is 0 Å². The lowest BCUT2D eigenvalue weighted by atomic mass is 9.90. The van der Waals surface area contributed by atoms with Gasteiger partial charge >= 0.3 is 6.18 Å². The molecule has 1 fully saturated rings. The van der Waals surface area contributed by atoms with Crippen molar-refractivity contribution < 1.29 is 27.1 Å². The fourth-order valence-electron chi connectivity index (χ4n) is 3.87. The van der Waals surface area contributed by atoms with Crippen LogP contribution >= 0.6 is 0 Å². The fraction of sp³-hybridized carbons (Fsp3) is 0.455. The highest BCUT2D eigenvalue weighted by molar-refractivity contribution is 5.94. The van der Waals surface area contributed by atoms with E-state index in [1.807, 2.05) is 0 Å². The summed E-state index contributed by atoms with van der Waals surface area (Å²) in [5, 5.41) is 0. The zero-order valence-electron chi connectivity index (χ0n) is 16.9. The Morgan fingerprint density at radius 2 is 1.90 bits per heavy atom. The molecule has 5 nitrogen and oxygen atoms in total. The zero-order chi connectivity index (χ0) is 22.4. The van der Waals surface area contributed by atoms with Crippen LogP contribution in [-0.4, -0.2) is 43.0 Å². The van der Waals surface area contributed by atoms with Crippen molar-refractivity contribution in [3.05, 3.63) is 53.7 Å². The summed E-state index contributed by atoms with van der Waals surface area (Å²) < 4.78 is 58.7. The third kappa shape index (κ3) is 6.16. The molecule has 1 aromatic carbocycles. The summed E-state index contributed by atoms with van der Waals surface area (Å²) in [6.07, 6.45) is -2.50. The van der Waals surface area contributed by atoms with Gasteiger partial charge in [0.25, 0.3) is 5.91 Å². The van der Waals surface area contributed by atoms with Gasteiger partial charge in [0, 0.05) is 25.1 Å². The Morgan fingerprint density at radius 1 is 1.23 bits per heavy atom. The number of rotatable bonds is 8. The lowest BCUT2D eigenvalue weighted by molar-refractivity contribution is -0.138. The van der Waals surface area contributed by atoms with E-state index in [2.05, 4.69) is 4.98 Å². The molecule has 31 heavy (non-hydrogen) atoms. The molecule has 1 aliphatic rings. The quantitative estimate of drug-likeness (QED) is 0.612. The van der Waals surface area contributed by atoms with Crippen LogP contribution in [0.5, 0.6) is 0 Å². The van der Waals surface area contributed by atoms with E-state index in [4.69, 9.17) is 10.5 Å². The Morgan fingerprint density at radius 3 is 2.48 bits per heavy atom. The highest BCUT2D eigenvalue weighted by Crippen LogP contribution is 2.34. The van der Waals surface area contributed by atoms with E-state index in [0.717, 1.165) is 12.8 Å². The number of hydrogen-bond donors (Lipinski definition) is 1. The Hall–Kier alpha value is -2.68. The number of benzene rings is 1. The number of anilines is 2. The maximum absolute atomic E-state index is 13.8. The summed E-state index contributed by atoms with van der Waals surface area (Å²) in [6.45, 7) is 0.00325. The van der Waals surface area contributed by atoms with Crippen LogP contribution in [0.25, 0.3) is 0 Å². The topological polar surface area (TPSA) is 68.5 Å². The van der Waals surface area contributed by atoms with Gasteiger partial charge < -0.3 is 15.4 Å². The van der Waals surface area contributed by atoms with Gasteiger partial charge in [-0.1, -0.05) is 18.2 Å². The van der Waals surface area contributed by atoms with Crippen molar-refractivity contribution in [3.63, 3.8) is 0 Å². The molecule has 168 valence electrons. The molecule has 1 amide bonds. The normalized spacial score (nSPS) is 16.1. The molecule has 2 N–H and O–H groups in total. The van der Waals surface area contributed by atoms with E-state index in [9.17, 15) is 22.4 Å². The van der Waals surface area contributed by atoms with Gasteiger partial charge in [-0.25, -0.2) is 9.37 Å². The Bertz CT molecular complexity index is 871. The third-order valence-electron chi connectivity index (χ3n) is 5.38. The molecule has 0 bridgehead atoms. The predicted molar refractivity (Wildman–Crippen MR) is 109 cm³/mol. The molecule has 2 aromatic rings. The SMILES string of the molecule is NC(=O)c1cnc(N(c2ccccc2)C(CF)CC(F)(F)F)cc1CC1CCOCC1.